The van der Waals surface area contributed by atoms with Crippen LogP contribution < -0.4 is 5.32 Å². The first-order valence-electron chi connectivity index (χ1n) is 5.22. The van der Waals surface area contributed by atoms with Gasteiger partial charge in [0.25, 0.3) is 0 Å². The smallest absolute Gasteiger partial charge is 0.0456 e. The number of rotatable bonds is 2. The minimum Gasteiger partial charge on any atom is -0.361 e. The predicted octanol–water partition coefficient (Wildman–Crippen LogP) is 2.07. The fourth-order valence-corrected chi connectivity index (χ4v) is 2.09. The lowest BCUT2D eigenvalue weighted by molar-refractivity contribution is 0.370. The molecule has 1 saturated heterocycles. The van der Waals surface area contributed by atoms with Gasteiger partial charge in [-0.2, -0.15) is 0 Å². The molecule has 72 valence electrons. The molecule has 0 bridgehead atoms. The van der Waals surface area contributed by atoms with Gasteiger partial charge in [0, 0.05) is 23.1 Å². The second kappa shape index (κ2) is 3.14. The van der Waals surface area contributed by atoms with E-state index in [2.05, 4.69) is 40.8 Å². The highest BCUT2D eigenvalue weighted by Gasteiger charge is 2.17. The van der Waals surface area contributed by atoms with E-state index in [9.17, 15) is 0 Å². The van der Waals surface area contributed by atoms with E-state index < -0.39 is 0 Å². The summed E-state index contributed by atoms with van der Waals surface area (Å²) in [5.41, 5.74) is 2.69. The van der Waals surface area contributed by atoms with Crippen molar-refractivity contribution in [2.24, 2.45) is 0 Å². The van der Waals surface area contributed by atoms with Crippen LogP contribution >= 0.6 is 0 Å². The zero-order valence-corrected chi connectivity index (χ0v) is 8.09. The monoisotopic (exact) mass is 186 g/mol. The molecule has 2 nitrogen and oxygen atoms in total. The van der Waals surface area contributed by atoms with Crippen molar-refractivity contribution in [2.45, 2.75) is 18.9 Å². The standard InChI is InChI=1S/C12H14N2/c1-2-4-12-11(3-1)9(8-14-12)7-10-5-6-13-10/h1-4,8,10,13-14H,5-7H2. The SMILES string of the molecule is c1ccc2c(CC3CCN3)c[nH]c2c1. The lowest BCUT2D eigenvalue weighted by Crippen LogP contribution is -2.44. The van der Waals surface area contributed by atoms with Gasteiger partial charge in [-0.3, -0.25) is 0 Å². The molecule has 1 aliphatic rings. The van der Waals surface area contributed by atoms with E-state index in [1.807, 2.05) is 0 Å². The summed E-state index contributed by atoms with van der Waals surface area (Å²) in [5.74, 6) is 0. The van der Waals surface area contributed by atoms with Crippen molar-refractivity contribution in [1.29, 1.82) is 0 Å². The van der Waals surface area contributed by atoms with E-state index in [1.54, 1.807) is 0 Å². The molecule has 1 aromatic heterocycles. The van der Waals surface area contributed by atoms with E-state index in [0.717, 1.165) is 6.42 Å². The summed E-state index contributed by atoms with van der Waals surface area (Å²) in [6.07, 6.45) is 4.62. The van der Waals surface area contributed by atoms with Crippen LogP contribution in [-0.2, 0) is 6.42 Å². The van der Waals surface area contributed by atoms with Gasteiger partial charge in [-0.1, -0.05) is 18.2 Å². The van der Waals surface area contributed by atoms with Crippen molar-refractivity contribution in [2.75, 3.05) is 6.54 Å². The number of hydrogen-bond donors (Lipinski definition) is 2. The fourth-order valence-electron chi connectivity index (χ4n) is 2.09. The molecule has 2 heterocycles. The molecule has 1 atom stereocenters. The van der Waals surface area contributed by atoms with Crippen LogP contribution in [0.2, 0.25) is 0 Å². The van der Waals surface area contributed by atoms with Crippen LogP contribution in [-0.4, -0.2) is 17.6 Å². The Morgan fingerprint density at radius 2 is 2.14 bits per heavy atom. The third kappa shape index (κ3) is 1.23. The van der Waals surface area contributed by atoms with Crippen molar-refractivity contribution in [3.63, 3.8) is 0 Å². The molecule has 0 amide bonds. The van der Waals surface area contributed by atoms with Gasteiger partial charge < -0.3 is 10.3 Å². The Morgan fingerprint density at radius 1 is 1.29 bits per heavy atom. The average molecular weight is 186 g/mol. The zero-order valence-electron chi connectivity index (χ0n) is 8.09. The Labute approximate surface area is 83.3 Å². The summed E-state index contributed by atoms with van der Waals surface area (Å²) in [6, 6.07) is 9.21. The van der Waals surface area contributed by atoms with Crippen molar-refractivity contribution >= 4 is 10.9 Å². The normalized spacial score (nSPS) is 21.0. The van der Waals surface area contributed by atoms with Crippen LogP contribution in [0.25, 0.3) is 10.9 Å². The van der Waals surface area contributed by atoms with Gasteiger partial charge in [0.1, 0.15) is 0 Å². The van der Waals surface area contributed by atoms with E-state index in [4.69, 9.17) is 0 Å². The number of benzene rings is 1. The second-order valence-electron chi connectivity index (χ2n) is 4.00. The largest absolute Gasteiger partial charge is 0.361 e. The third-order valence-corrected chi connectivity index (χ3v) is 3.07. The lowest BCUT2D eigenvalue weighted by atomic mass is 9.98. The zero-order chi connectivity index (χ0) is 9.38. The van der Waals surface area contributed by atoms with Crippen molar-refractivity contribution < 1.29 is 0 Å². The second-order valence-corrected chi connectivity index (χ2v) is 4.00. The van der Waals surface area contributed by atoms with Crippen LogP contribution in [0.3, 0.4) is 0 Å². The van der Waals surface area contributed by atoms with Crippen LogP contribution in [0.5, 0.6) is 0 Å². The number of hydrogen-bond acceptors (Lipinski definition) is 1. The molecule has 0 aliphatic carbocycles. The Hall–Kier alpha value is -1.28. The van der Waals surface area contributed by atoms with Gasteiger partial charge in [0.2, 0.25) is 0 Å². The van der Waals surface area contributed by atoms with E-state index in [-0.39, 0.29) is 0 Å². The molecule has 1 aromatic carbocycles. The Morgan fingerprint density at radius 3 is 2.93 bits per heavy atom. The topological polar surface area (TPSA) is 27.8 Å². The van der Waals surface area contributed by atoms with Gasteiger partial charge >= 0.3 is 0 Å². The number of H-pyrrole nitrogens is 1. The summed E-state index contributed by atoms with van der Waals surface area (Å²) in [6.45, 7) is 1.19. The highest BCUT2D eigenvalue weighted by Crippen LogP contribution is 2.20. The molecule has 14 heavy (non-hydrogen) atoms. The van der Waals surface area contributed by atoms with E-state index >= 15 is 0 Å². The van der Waals surface area contributed by atoms with Gasteiger partial charge in [0.15, 0.2) is 0 Å². The molecule has 1 fully saturated rings. The summed E-state index contributed by atoms with van der Waals surface area (Å²) in [5, 5.41) is 4.81. The maximum Gasteiger partial charge on any atom is 0.0456 e. The molecule has 3 rings (SSSR count). The van der Waals surface area contributed by atoms with Crippen molar-refractivity contribution in [1.82, 2.24) is 10.3 Å². The van der Waals surface area contributed by atoms with E-state index in [0.29, 0.717) is 6.04 Å². The summed E-state index contributed by atoms with van der Waals surface area (Å²) in [4.78, 5) is 3.31. The van der Waals surface area contributed by atoms with Crippen LogP contribution in [0.1, 0.15) is 12.0 Å². The molecule has 1 unspecified atom stereocenters. The Bertz CT molecular complexity index is 440. The number of nitrogens with one attached hydrogen (secondary N) is 2. The van der Waals surface area contributed by atoms with E-state index in [1.165, 1.54) is 29.4 Å². The first-order chi connectivity index (χ1) is 6.93. The Kier molecular flexibility index (Phi) is 1.81. The maximum absolute atomic E-state index is 3.43. The molecule has 2 N–H and O–H groups in total. The summed E-state index contributed by atoms with van der Waals surface area (Å²) in [7, 11) is 0. The van der Waals surface area contributed by atoms with Crippen molar-refractivity contribution in [3.8, 4) is 0 Å². The van der Waals surface area contributed by atoms with Gasteiger partial charge in [0.05, 0.1) is 0 Å². The maximum atomic E-state index is 3.43. The molecule has 2 heteroatoms. The quantitative estimate of drug-likeness (QED) is 0.738. The van der Waals surface area contributed by atoms with Gasteiger partial charge in [-0.25, -0.2) is 0 Å². The molecular formula is C12H14N2. The molecule has 2 aromatic rings. The highest BCUT2D eigenvalue weighted by atomic mass is 15.0. The lowest BCUT2D eigenvalue weighted by Gasteiger charge is -2.27. The molecular weight excluding hydrogens is 172 g/mol. The molecule has 0 saturated carbocycles. The van der Waals surface area contributed by atoms with Crippen LogP contribution in [0, 0.1) is 0 Å². The minimum atomic E-state index is 0.703. The number of para-hydroxylation sites is 1. The third-order valence-electron chi connectivity index (χ3n) is 3.07. The minimum absolute atomic E-state index is 0.703. The predicted molar refractivity (Wildman–Crippen MR) is 58.4 cm³/mol. The van der Waals surface area contributed by atoms with Crippen LogP contribution in [0.15, 0.2) is 30.5 Å². The van der Waals surface area contributed by atoms with Gasteiger partial charge in [-0.05, 0) is 31.0 Å². The molecule has 1 aliphatic heterocycles. The van der Waals surface area contributed by atoms with Crippen LogP contribution in [0.4, 0.5) is 0 Å². The summed E-state index contributed by atoms with van der Waals surface area (Å²) >= 11 is 0. The molecule has 0 spiro atoms. The Balaban J connectivity index is 1.95. The van der Waals surface area contributed by atoms with Gasteiger partial charge in [-0.15, -0.1) is 0 Å². The average Bonchev–Trinajstić information content (AvgIpc) is 2.55. The first-order valence-corrected chi connectivity index (χ1v) is 5.22. The highest BCUT2D eigenvalue weighted by molar-refractivity contribution is 5.83. The van der Waals surface area contributed by atoms with Crippen molar-refractivity contribution in [3.05, 3.63) is 36.0 Å². The number of aromatic amines is 1. The first kappa shape index (κ1) is 8.06. The summed E-state index contributed by atoms with van der Waals surface area (Å²) < 4.78 is 0. The fraction of sp³-hybridized carbons (Fsp3) is 0.333. The molecule has 0 radical (unpaired) electrons. The number of aromatic nitrogens is 1. The number of fused-ring (bicyclic) bond motifs is 1.